The van der Waals surface area contributed by atoms with Gasteiger partial charge in [0.2, 0.25) is 0 Å². The van der Waals surface area contributed by atoms with Crippen molar-refractivity contribution in [2.75, 3.05) is 5.32 Å². The lowest BCUT2D eigenvalue weighted by atomic mass is 10.1. The van der Waals surface area contributed by atoms with Crippen LogP contribution in [0.2, 0.25) is 5.02 Å². The predicted molar refractivity (Wildman–Crippen MR) is 85.0 cm³/mol. The van der Waals surface area contributed by atoms with Gasteiger partial charge in [-0.25, -0.2) is 0 Å². The van der Waals surface area contributed by atoms with Crippen molar-refractivity contribution in [3.63, 3.8) is 0 Å². The van der Waals surface area contributed by atoms with E-state index in [2.05, 4.69) is 58.5 Å². The van der Waals surface area contributed by atoms with E-state index in [1.807, 2.05) is 6.07 Å². The summed E-state index contributed by atoms with van der Waals surface area (Å²) in [4.78, 5) is 0. The van der Waals surface area contributed by atoms with Crippen LogP contribution in [0.25, 0.3) is 0 Å². The molecule has 0 fully saturated rings. The van der Waals surface area contributed by atoms with Gasteiger partial charge in [-0.05, 0) is 76.7 Å². The maximum Gasteiger partial charge on any atom is 0.0520 e. The number of nitrogens with one attached hydrogen (secondary N) is 1. The molecule has 1 unspecified atom stereocenters. The third-order valence-corrected chi connectivity index (χ3v) is 4.53. The van der Waals surface area contributed by atoms with Gasteiger partial charge in [-0.1, -0.05) is 23.7 Å². The third-order valence-electron chi connectivity index (χ3n) is 3.64. The number of fused-ring (bicyclic) bond motifs is 1. The second-order valence-corrected chi connectivity index (χ2v) is 6.35. The molecule has 3 heteroatoms. The first-order chi connectivity index (χ1) is 9.13. The quantitative estimate of drug-likeness (QED) is 0.762. The van der Waals surface area contributed by atoms with Crippen molar-refractivity contribution in [2.24, 2.45) is 0 Å². The zero-order chi connectivity index (χ0) is 13.4. The number of hydrogen-bond acceptors (Lipinski definition) is 1. The van der Waals surface area contributed by atoms with Gasteiger partial charge in [-0.15, -0.1) is 0 Å². The van der Waals surface area contributed by atoms with Gasteiger partial charge in [0, 0.05) is 15.2 Å². The molecular formula is C16H15BrClN. The van der Waals surface area contributed by atoms with E-state index in [9.17, 15) is 0 Å². The Morgan fingerprint density at radius 3 is 2.84 bits per heavy atom. The normalized spacial score (nSPS) is 17.3. The molecule has 0 radical (unpaired) electrons. The van der Waals surface area contributed by atoms with Gasteiger partial charge in [0.15, 0.2) is 0 Å². The number of rotatable bonds is 2. The molecule has 0 bridgehead atoms. The largest absolute Gasteiger partial charge is 0.377 e. The molecule has 2 aromatic rings. The Hall–Kier alpha value is -0.990. The summed E-state index contributed by atoms with van der Waals surface area (Å²) in [7, 11) is 0. The molecule has 1 N–H and O–H groups in total. The van der Waals surface area contributed by atoms with E-state index in [-0.39, 0.29) is 0 Å². The van der Waals surface area contributed by atoms with E-state index in [4.69, 9.17) is 11.6 Å². The molecule has 98 valence electrons. The van der Waals surface area contributed by atoms with Crippen molar-refractivity contribution in [3.05, 3.63) is 62.6 Å². The van der Waals surface area contributed by atoms with Crippen LogP contribution in [0.4, 0.5) is 5.69 Å². The summed E-state index contributed by atoms with van der Waals surface area (Å²) < 4.78 is 1.12. The SMILES string of the molecule is Cc1ccc(NC2CCc3cc(Cl)ccc32)c(Br)c1. The molecule has 1 aliphatic carbocycles. The van der Waals surface area contributed by atoms with Crippen molar-refractivity contribution in [1.82, 2.24) is 0 Å². The van der Waals surface area contributed by atoms with Crippen LogP contribution in [0.3, 0.4) is 0 Å². The monoisotopic (exact) mass is 335 g/mol. The second-order valence-electron chi connectivity index (χ2n) is 5.06. The van der Waals surface area contributed by atoms with Gasteiger partial charge in [-0.2, -0.15) is 0 Å². The zero-order valence-electron chi connectivity index (χ0n) is 10.7. The highest BCUT2D eigenvalue weighted by Gasteiger charge is 2.22. The van der Waals surface area contributed by atoms with Crippen LogP contribution in [0.1, 0.15) is 29.2 Å². The Morgan fingerprint density at radius 1 is 1.21 bits per heavy atom. The van der Waals surface area contributed by atoms with Crippen LogP contribution in [-0.4, -0.2) is 0 Å². The lowest BCUT2D eigenvalue weighted by Crippen LogP contribution is -2.07. The molecule has 0 aliphatic heterocycles. The van der Waals surface area contributed by atoms with Gasteiger partial charge >= 0.3 is 0 Å². The fraction of sp³-hybridized carbons (Fsp3) is 0.250. The summed E-state index contributed by atoms with van der Waals surface area (Å²) in [6.07, 6.45) is 2.22. The Labute approximate surface area is 127 Å². The van der Waals surface area contributed by atoms with Crippen LogP contribution in [0.15, 0.2) is 40.9 Å². The average Bonchev–Trinajstić information content (AvgIpc) is 2.75. The maximum atomic E-state index is 6.05. The lowest BCUT2D eigenvalue weighted by Gasteiger charge is -2.17. The van der Waals surface area contributed by atoms with Crippen molar-refractivity contribution < 1.29 is 0 Å². The highest BCUT2D eigenvalue weighted by Crippen LogP contribution is 2.36. The summed E-state index contributed by atoms with van der Waals surface area (Å²) in [6.45, 7) is 2.10. The first kappa shape index (κ1) is 13.0. The van der Waals surface area contributed by atoms with E-state index >= 15 is 0 Å². The Morgan fingerprint density at radius 2 is 2.05 bits per heavy atom. The van der Waals surface area contributed by atoms with Gasteiger partial charge in [-0.3, -0.25) is 0 Å². The van der Waals surface area contributed by atoms with Crippen LogP contribution in [0, 0.1) is 6.92 Å². The number of aryl methyl sites for hydroxylation is 2. The first-order valence-corrected chi connectivity index (χ1v) is 7.61. The smallest absolute Gasteiger partial charge is 0.0520 e. The maximum absolute atomic E-state index is 6.05. The topological polar surface area (TPSA) is 12.0 Å². The van der Waals surface area contributed by atoms with E-state index in [1.54, 1.807) is 0 Å². The fourth-order valence-corrected chi connectivity index (χ4v) is 3.46. The van der Waals surface area contributed by atoms with Gasteiger partial charge < -0.3 is 5.32 Å². The number of anilines is 1. The number of hydrogen-bond donors (Lipinski definition) is 1. The minimum absolute atomic E-state index is 0.381. The molecule has 0 saturated heterocycles. The summed E-state index contributed by atoms with van der Waals surface area (Å²) >= 11 is 9.67. The summed E-state index contributed by atoms with van der Waals surface area (Å²) in [5.74, 6) is 0. The lowest BCUT2D eigenvalue weighted by molar-refractivity contribution is 0.761. The van der Waals surface area contributed by atoms with Crippen molar-refractivity contribution >= 4 is 33.2 Å². The first-order valence-electron chi connectivity index (χ1n) is 6.44. The van der Waals surface area contributed by atoms with Crippen molar-refractivity contribution in [2.45, 2.75) is 25.8 Å². The predicted octanol–water partition coefficient (Wildman–Crippen LogP) is 5.51. The van der Waals surface area contributed by atoms with E-state index < -0.39 is 0 Å². The van der Waals surface area contributed by atoms with E-state index in [0.29, 0.717) is 6.04 Å². The fourth-order valence-electron chi connectivity index (χ4n) is 2.66. The second kappa shape index (κ2) is 5.18. The summed E-state index contributed by atoms with van der Waals surface area (Å²) in [5.41, 5.74) is 5.15. The highest BCUT2D eigenvalue weighted by molar-refractivity contribution is 9.10. The number of benzene rings is 2. The Balaban J connectivity index is 1.86. The third kappa shape index (κ3) is 2.65. The van der Waals surface area contributed by atoms with Crippen LogP contribution in [-0.2, 0) is 6.42 Å². The molecule has 0 amide bonds. The molecule has 1 aliphatic rings. The van der Waals surface area contributed by atoms with Crippen LogP contribution in [0.5, 0.6) is 0 Å². The minimum Gasteiger partial charge on any atom is -0.377 e. The molecule has 0 saturated carbocycles. The minimum atomic E-state index is 0.381. The molecule has 0 aromatic heterocycles. The Bertz CT molecular complexity index is 624. The molecule has 0 spiro atoms. The standard InChI is InChI=1S/C16H15BrClN/c1-10-2-6-16(14(17)8-10)19-15-7-3-11-9-12(18)4-5-13(11)15/h2,4-6,8-9,15,19H,3,7H2,1H3. The average molecular weight is 337 g/mol. The summed E-state index contributed by atoms with van der Waals surface area (Å²) in [5, 5.41) is 4.45. The van der Waals surface area contributed by atoms with Gasteiger partial charge in [0.1, 0.15) is 0 Å². The van der Waals surface area contributed by atoms with E-state index in [0.717, 1.165) is 28.0 Å². The zero-order valence-corrected chi connectivity index (χ0v) is 13.1. The molecule has 1 atom stereocenters. The molecule has 3 rings (SSSR count). The van der Waals surface area contributed by atoms with Gasteiger partial charge in [0.25, 0.3) is 0 Å². The molecule has 1 nitrogen and oxygen atoms in total. The number of halogens is 2. The summed E-state index contributed by atoms with van der Waals surface area (Å²) in [6, 6.07) is 13.0. The van der Waals surface area contributed by atoms with Crippen LogP contribution < -0.4 is 5.32 Å². The highest BCUT2D eigenvalue weighted by atomic mass is 79.9. The molecule has 0 heterocycles. The van der Waals surface area contributed by atoms with Crippen LogP contribution >= 0.6 is 27.5 Å². The van der Waals surface area contributed by atoms with Gasteiger partial charge in [0.05, 0.1) is 6.04 Å². The molecule has 19 heavy (non-hydrogen) atoms. The molecular weight excluding hydrogens is 322 g/mol. The van der Waals surface area contributed by atoms with E-state index in [1.165, 1.54) is 16.7 Å². The molecule has 2 aromatic carbocycles. The van der Waals surface area contributed by atoms with Crippen molar-refractivity contribution in [1.29, 1.82) is 0 Å². The van der Waals surface area contributed by atoms with Crippen molar-refractivity contribution in [3.8, 4) is 0 Å². The Kier molecular flexibility index (Phi) is 3.55.